The third kappa shape index (κ3) is 4.40. The molecule has 2 rings (SSSR count). The van der Waals surface area contributed by atoms with Crippen molar-refractivity contribution >= 4 is 17.7 Å². The number of thioether (sulfide) groups is 1. The van der Waals surface area contributed by atoms with E-state index in [9.17, 15) is 10.1 Å². The van der Waals surface area contributed by atoms with Gasteiger partial charge in [-0.15, -0.1) is 10.2 Å². The van der Waals surface area contributed by atoms with Crippen LogP contribution < -0.4 is 5.32 Å². The van der Waals surface area contributed by atoms with Gasteiger partial charge in [0.25, 0.3) is 0 Å². The van der Waals surface area contributed by atoms with Gasteiger partial charge in [0.2, 0.25) is 5.91 Å². The summed E-state index contributed by atoms with van der Waals surface area (Å²) in [6, 6.07) is 12.0. The van der Waals surface area contributed by atoms with Gasteiger partial charge in [0, 0.05) is 12.1 Å². The van der Waals surface area contributed by atoms with Gasteiger partial charge in [0.05, 0.1) is 11.8 Å². The van der Waals surface area contributed by atoms with Gasteiger partial charge < -0.3 is 9.88 Å². The van der Waals surface area contributed by atoms with E-state index in [4.69, 9.17) is 0 Å². The molecule has 25 heavy (non-hydrogen) atoms. The lowest BCUT2D eigenvalue weighted by Gasteiger charge is -2.27. The fourth-order valence-corrected chi connectivity index (χ4v) is 3.04. The smallest absolute Gasteiger partial charge is 0.231 e. The van der Waals surface area contributed by atoms with Crippen LogP contribution in [-0.4, -0.2) is 32.0 Å². The molecular weight excluding hydrogens is 334 g/mol. The number of nitrogens with zero attached hydrogens (tertiary/aromatic N) is 4. The first-order valence-electron chi connectivity index (χ1n) is 8.25. The van der Waals surface area contributed by atoms with Gasteiger partial charge in [-0.2, -0.15) is 5.26 Å². The minimum atomic E-state index is -0.870. The molecule has 0 aliphatic heterocycles. The highest BCUT2D eigenvalue weighted by molar-refractivity contribution is 7.99. The Kier molecular flexibility index (Phi) is 6.21. The Balaban J connectivity index is 2.08. The van der Waals surface area contributed by atoms with E-state index >= 15 is 0 Å². The summed E-state index contributed by atoms with van der Waals surface area (Å²) in [6.45, 7) is 8.30. The summed E-state index contributed by atoms with van der Waals surface area (Å²) >= 11 is 1.33. The maximum absolute atomic E-state index is 12.2. The second-order valence-corrected chi connectivity index (χ2v) is 7.16. The number of aromatic nitrogens is 3. The molecule has 0 saturated heterocycles. The number of nitriles is 1. The monoisotopic (exact) mass is 357 g/mol. The lowest BCUT2D eigenvalue weighted by molar-refractivity contribution is -0.120. The number of benzene rings is 1. The molecule has 1 N–H and O–H groups in total. The molecule has 6 nitrogen and oxygen atoms in total. The van der Waals surface area contributed by atoms with E-state index in [1.54, 1.807) is 6.92 Å². The molecule has 132 valence electrons. The Bertz CT molecular complexity index is 766. The van der Waals surface area contributed by atoms with E-state index < -0.39 is 5.54 Å². The summed E-state index contributed by atoms with van der Waals surface area (Å²) in [4.78, 5) is 12.2. The van der Waals surface area contributed by atoms with Crippen LogP contribution in [0.5, 0.6) is 0 Å². The van der Waals surface area contributed by atoms with Gasteiger partial charge in [-0.1, -0.05) is 55.9 Å². The standard InChI is InChI=1S/C18H23N5OS/c1-5-23-16(14-9-7-6-8-10-14)21-22-17(23)25-11-15(24)20-18(4,12-19)13(2)3/h6-10,13H,5,11H2,1-4H3,(H,20,24)/t18-/m0/s1. The van der Waals surface area contributed by atoms with E-state index in [0.717, 1.165) is 11.4 Å². The van der Waals surface area contributed by atoms with Gasteiger partial charge in [0.1, 0.15) is 5.54 Å². The highest BCUT2D eigenvalue weighted by Gasteiger charge is 2.30. The Morgan fingerprint density at radius 2 is 2.04 bits per heavy atom. The van der Waals surface area contributed by atoms with Crippen LogP contribution in [0.4, 0.5) is 0 Å². The molecular formula is C18H23N5OS. The minimum Gasteiger partial charge on any atom is -0.337 e. The first kappa shape index (κ1) is 19.0. The largest absolute Gasteiger partial charge is 0.337 e. The highest BCUT2D eigenvalue weighted by Crippen LogP contribution is 2.24. The molecule has 0 unspecified atom stereocenters. The van der Waals surface area contributed by atoms with Crippen LogP contribution in [0.15, 0.2) is 35.5 Å². The molecule has 2 aromatic rings. The predicted octanol–water partition coefficient (Wildman–Crippen LogP) is 3.11. The number of nitrogens with one attached hydrogen (secondary N) is 1. The number of hydrogen-bond acceptors (Lipinski definition) is 5. The van der Waals surface area contributed by atoms with Crippen LogP contribution in [0, 0.1) is 17.2 Å². The minimum absolute atomic E-state index is 0.0235. The summed E-state index contributed by atoms with van der Waals surface area (Å²) in [6.07, 6.45) is 0. The number of carbonyl (C=O) groups is 1. The first-order valence-corrected chi connectivity index (χ1v) is 9.23. The van der Waals surface area contributed by atoms with Crippen molar-refractivity contribution in [1.29, 1.82) is 5.26 Å². The van der Waals surface area contributed by atoms with Crippen molar-refractivity contribution in [2.24, 2.45) is 5.92 Å². The molecule has 0 aliphatic carbocycles. The molecule has 0 radical (unpaired) electrons. The van der Waals surface area contributed by atoms with Crippen molar-refractivity contribution < 1.29 is 4.79 Å². The first-order chi connectivity index (χ1) is 11.9. The van der Waals surface area contributed by atoms with Crippen molar-refractivity contribution in [1.82, 2.24) is 20.1 Å². The molecule has 0 spiro atoms. The van der Waals surface area contributed by atoms with Crippen molar-refractivity contribution in [2.45, 2.75) is 44.9 Å². The van der Waals surface area contributed by atoms with Crippen LogP contribution in [0.25, 0.3) is 11.4 Å². The normalized spacial score (nSPS) is 13.3. The molecule has 1 aromatic carbocycles. The van der Waals surface area contributed by atoms with E-state index in [0.29, 0.717) is 11.7 Å². The van der Waals surface area contributed by atoms with Crippen LogP contribution in [0.3, 0.4) is 0 Å². The fourth-order valence-electron chi connectivity index (χ4n) is 2.24. The van der Waals surface area contributed by atoms with Crippen molar-refractivity contribution in [2.75, 3.05) is 5.75 Å². The lowest BCUT2D eigenvalue weighted by Crippen LogP contribution is -2.49. The predicted molar refractivity (Wildman–Crippen MR) is 98.9 cm³/mol. The van der Waals surface area contributed by atoms with Gasteiger partial charge >= 0.3 is 0 Å². The molecule has 0 aliphatic rings. The van der Waals surface area contributed by atoms with Crippen LogP contribution >= 0.6 is 11.8 Å². The summed E-state index contributed by atoms with van der Waals surface area (Å²) in [5.74, 6) is 0.817. The van der Waals surface area contributed by atoms with Crippen LogP contribution in [-0.2, 0) is 11.3 Å². The number of carbonyl (C=O) groups excluding carboxylic acids is 1. The lowest BCUT2D eigenvalue weighted by atomic mass is 9.90. The number of hydrogen-bond donors (Lipinski definition) is 1. The topological polar surface area (TPSA) is 83.6 Å². The summed E-state index contributed by atoms with van der Waals surface area (Å²) in [7, 11) is 0. The molecule has 0 fully saturated rings. The average Bonchev–Trinajstić information content (AvgIpc) is 3.03. The number of amides is 1. The Hall–Kier alpha value is -2.33. The molecule has 1 aromatic heterocycles. The Morgan fingerprint density at radius 3 is 2.60 bits per heavy atom. The number of rotatable bonds is 7. The zero-order valence-electron chi connectivity index (χ0n) is 15.0. The third-order valence-corrected chi connectivity index (χ3v) is 5.15. The van der Waals surface area contributed by atoms with E-state index in [2.05, 4.69) is 21.6 Å². The maximum atomic E-state index is 12.2. The van der Waals surface area contributed by atoms with Crippen molar-refractivity contribution in [3.05, 3.63) is 30.3 Å². The van der Waals surface area contributed by atoms with E-state index in [1.807, 2.05) is 55.7 Å². The van der Waals surface area contributed by atoms with Crippen LogP contribution in [0.1, 0.15) is 27.7 Å². The van der Waals surface area contributed by atoms with Gasteiger partial charge in [-0.25, -0.2) is 0 Å². The Morgan fingerprint density at radius 1 is 1.36 bits per heavy atom. The van der Waals surface area contributed by atoms with Crippen LogP contribution in [0.2, 0.25) is 0 Å². The second-order valence-electron chi connectivity index (χ2n) is 6.22. The molecule has 1 heterocycles. The molecule has 0 saturated carbocycles. The Labute approximate surface area is 152 Å². The fraction of sp³-hybridized carbons (Fsp3) is 0.444. The molecule has 1 amide bonds. The van der Waals surface area contributed by atoms with Gasteiger partial charge in [-0.05, 0) is 19.8 Å². The van der Waals surface area contributed by atoms with Crippen molar-refractivity contribution in [3.8, 4) is 17.5 Å². The quantitative estimate of drug-likeness (QED) is 0.770. The highest BCUT2D eigenvalue weighted by atomic mass is 32.2. The average molecular weight is 357 g/mol. The zero-order chi connectivity index (χ0) is 18.4. The van der Waals surface area contributed by atoms with E-state index in [1.165, 1.54) is 11.8 Å². The summed E-state index contributed by atoms with van der Waals surface area (Å²) < 4.78 is 1.99. The summed E-state index contributed by atoms with van der Waals surface area (Å²) in [5.41, 5.74) is 0.121. The van der Waals surface area contributed by atoms with Crippen molar-refractivity contribution in [3.63, 3.8) is 0 Å². The molecule has 7 heteroatoms. The molecule has 1 atom stereocenters. The van der Waals surface area contributed by atoms with Gasteiger partial charge in [-0.3, -0.25) is 4.79 Å². The molecule has 0 bridgehead atoms. The van der Waals surface area contributed by atoms with Gasteiger partial charge in [0.15, 0.2) is 11.0 Å². The third-order valence-electron chi connectivity index (χ3n) is 4.18. The van der Waals surface area contributed by atoms with E-state index in [-0.39, 0.29) is 17.6 Å². The summed E-state index contributed by atoms with van der Waals surface area (Å²) in [5, 5.41) is 21.3. The zero-order valence-corrected chi connectivity index (χ0v) is 15.8. The SMILES string of the molecule is CCn1c(SCC(=O)N[C@@](C)(C#N)C(C)C)nnc1-c1ccccc1. The second kappa shape index (κ2) is 8.17. The maximum Gasteiger partial charge on any atom is 0.231 e.